The molecular formula is C11H11NO2. The fourth-order valence-electron chi connectivity index (χ4n) is 0.937. The highest BCUT2D eigenvalue weighted by molar-refractivity contribution is 5.68. The van der Waals surface area contributed by atoms with Gasteiger partial charge in [0.05, 0.1) is 12.5 Å². The van der Waals surface area contributed by atoms with E-state index in [4.69, 9.17) is 10.8 Å². The highest BCUT2D eigenvalue weighted by Crippen LogP contribution is 1.95. The summed E-state index contributed by atoms with van der Waals surface area (Å²) in [6.07, 6.45) is -0.125. The summed E-state index contributed by atoms with van der Waals surface area (Å²) in [5.41, 5.74) is 6.31. The van der Waals surface area contributed by atoms with Crippen LogP contribution in [0.1, 0.15) is 12.0 Å². The van der Waals surface area contributed by atoms with E-state index in [1.807, 2.05) is 30.3 Å². The summed E-state index contributed by atoms with van der Waals surface area (Å²) in [4.78, 5) is 10.3. The molecule has 0 aliphatic heterocycles. The minimum atomic E-state index is -0.931. The van der Waals surface area contributed by atoms with E-state index < -0.39 is 12.0 Å². The average Bonchev–Trinajstić information content (AvgIpc) is 2.15. The number of carbonyl (C=O) groups is 1. The largest absolute Gasteiger partial charge is 0.481 e. The van der Waals surface area contributed by atoms with Gasteiger partial charge in [-0.2, -0.15) is 0 Å². The second kappa shape index (κ2) is 5.05. The van der Waals surface area contributed by atoms with E-state index >= 15 is 0 Å². The van der Waals surface area contributed by atoms with E-state index in [0.29, 0.717) is 0 Å². The molecule has 0 radical (unpaired) electrons. The minimum absolute atomic E-state index is 0.125. The van der Waals surface area contributed by atoms with Gasteiger partial charge in [0.25, 0.3) is 0 Å². The van der Waals surface area contributed by atoms with Crippen molar-refractivity contribution in [3.8, 4) is 11.8 Å². The van der Waals surface area contributed by atoms with Crippen molar-refractivity contribution in [2.45, 2.75) is 12.5 Å². The Balaban J connectivity index is 2.60. The van der Waals surface area contributed by atoms with Gasteiger partial charge in [-0.15, -0.1) is 0 Å². The van der Waals surface area contributed by atoms with Gasteiger partial charge >= 0.3 is 5.97 Å². The Kier molecular flexibility index (Phi) is 3.71. The summed E-state index contributed by atoms with van der Waals surface area (Å²) in [6, 6.07) is 8.72. The third kappa shape index (κ3) is 3.74. The maximum Gasteiger partial charge on any atom is 0.305 e. The van der Waals surface area contributed by atoms with E-state index in [2.05, 4.69) is 11.8 Å². The average molecular weight is 189 g/mol. The SMILES string of the molecule is N[C@H](C#Cc1ccccc1)CC(=O)O. The Morgan fingerprint density at radius 2 is 2.07 bits per heavy atom. The molecule has 3 heteroatoms. The van der Waals surface area contributed by atoms with Gasteiger partial charge in [0.1, 0.15) is 0 Å². The lowest BCUT2D eigenvalue weighted by molar-refractivity contribution is -0.137. The number of hydrogen-bond donors (Lipinski definition) is 2. The lowest BCUT2D eigenvalue weighted by Gasteiger charge is -1.97. The molecule has 14 heavy (non-hydrogen) atoms. The number of carboxylic acids is 1. The first-order valence-corrected chi connectivity index (χ1v) is 4.22. The predicted octanol–water partition coefficient (Wildman–Crippen LogP) is 0.840. The third-order valence-electron chi connectivity index (χ3n) is 1.57. The molecule has 0 saturated carbocycles. The van der Waals surface area contributed by atoms with Gasteiger partial charge in [0.15, 0.2) is 0 Å². The topological polar surface area (TPSA) is 63.3 Å². The normalized spacial score (nSPS) is 11.2. The molecule has 72 valence electrons. The molecule has 0 aromatic heterocycles. The molecule has 3 nitrogen and oxygen atoms in total. The standard InChI is InChI=1S/C11H11NO2/c12-10(8-11(13)14)7-6-9-4-2-1-3-5-9/h1-5,10H,8,12H2,(H,13,14)/t10-/m1/s1. The summed E-state index contributed by atoms with van der Waals surface area (Å²) in [7, 11) is 0. The number of carboxylic acid groups (broad SMARTS) is 1. The van der Waals surface area contributed by atoms with Crippen molar-refractivity contribution < 1.29 is 9.90 Å². The lowest BCUT2D eigenvalue weighted by Crippen LogP contribution is -2.21. The van der Waals surface area contributed by atoms with Crippen LogP contribution in [0.25, 0.3) is 0 Å². The zero-order chi connectivity index (χ0) is 10.4. The molecule has 0 unspecified atom stereocenters. The van der Waals surface area contributed by atoms with Gasteiger partial charge in [0, 0.05) is 5.56 Å². The Morgan fingerprint density at radius 3 is 2.64 bits per heavy atom. The zero-order valence-electron chi connectivity index (χ0n) is 7.60. The van der Waals surface area contributed by atoms with Crippen molar-refractivity contribution in [2.75, 3.05) is 0 Å². The van der Waals surface area contributed by atoms with Gasteiger partial charge in [0.2, 0.25) is 0 Å². The molecule has 3 N–H and O–H groups in total. The number of hydrogen-bond acceptors (Lipinski definition) is 2. The first-order chi connectivity index (χ1) is 6.68. The van der Waals surface area contributed by atoms with Crippen LogP contribution in [-0.2, 0) is 4.79 Å². The van der Waals surface area contributed by atoms with Crippen LogP contribution in [0.5, 0.6) is 0 Å². The van der Waals surface area contributed by atoms with Crippen LogP contribution in [0.2, 0.25) is 0 Å². The summed E-state index contributed by atoms with van der Waals surface area (Å²) in [6.45, 7) is 0. The fourth-order valence-corrected chi connectivity index (χ4v) is 0.937. The van der Waals surface area contributed by atoms with Crippen LogP contribution in [0.3, 0.4) is 0 Å². The van der Waals surface area contributed by atoms with Crippen molar-refractivity contribution in [3.05, 3.63) is 35.9 Å². The maximum atomic E-state index is 10.3. The first-order valence-electron chi connectivity index (χ1n) is 4.22. The molecule has 0 aliphatic rings. The molecule has 0 spiro atoms. The number of nitrogens with two attached hydrogens (primary N) is 1. The Bertz CT molecular complexity index is 362. The Labute approximate surface area is 82.6 Å². The number of benzene rings is 1. The van der Waals surface area contributed by atoms with Crippen LogP contribution in [0.15, 0.2) is 30.3 Å². The van der Waals surface area contributed by atoms with Gasteiger partial charge in [-0.1, -0.05) is 30.0 Å². The maximum absolute atomic E-state index is 10.3. The highest BCUT2D eigenvalue weighted by atomic mass is 16.4. The van der Waals surface area contributed by atoms with E-state index in [0.717, 1.165) is 5.56 Å². The first kappa shape index (κ1) is 10.3. The molecule has 0 aliphatic carbocycles. The monoisotopic (exact) mass is 189 g/mol. The van der Waals surface area contributed by atoms with Crippen molar-refractivity contribution in [2.24, 2.45) is 5.73 Å². The summed E-state index contributed by atoms with van der Waals surface area (Å²) in [5.74, 6) is 4.56. The molecule has 1 aromatic carbocycles. The molecular weight excluding hydrogens is 178 g/mol. The lowest BCUT2D eigenvalue weighted by atomic mass is 10.2. The van der Waals surface area contributed by atoms with Gasteiger partial charge in [-0.3, -0.25) is 4.79 Å². The Hall–Kier alpha value is -1.79. The number of aliphatic carboxylic acids is 1. The van der Waals surface area contributed by atoms with Gasteiger partial charge in [-0.05, 0) is 12.1 Å². The minimum Gasteiger partial charge on any atom is -0.481 e. The van der Waals surface area contributed by atoms with Crippen molar-refractivity contribution in [3.63, 3.8) is 0 Å². The van der Waals surface area contributed by atoms with E-state index in [1.54, 1.807) is 0 Å². The number of rotatable bonds is 2. The second-order valence-corrected chi connectivity index (χ2v) is 2.84. The molecule has 1 rings (SSSR count). The van der Waals surface area contributed by atoms with Gasteiger partial charge in [-0.25, -0.2) is 0 Å². The molecule has 0 saturated heterocycles. The van der Waals surface area contributed by atoms with Crippen LogP contribution in [0, 0.1) is 11.8 Å². The summed E-state index contributed by atoms with van der Waals surface area (Å²) >= 11 is 0. The van der Waals surface area contributed by atoms with E-state index in [-0.39, 0.29) is 6.42 Å². The summed E-state index contributed by atoms with van der Waals surface area (Å²) in [5, 5.41) is 8.43. The van der Waals surface area contributed by atoms with Gasteiger partial charge < -0.3 is 10.8 Å². The van der Waals surface area contributed by atoms with Crippen molar-refractivity contribution in [1.82, 2.24) is 0 Å². The fraction of sp³-hybridized carbons (Fsp3) is 0.182. The molecule has 1 atom stereocenters. The van der Waals surface area contributed by atoms with Crippen LogP contribution < -0.4 is 5.73 Å². The highest BCUT2D eigenvalue weighted by Gasteiger charge is 2.02. The second-order valence-electron chi connectivity index (χ2n) is 2.84. The van der Waals surface area contributed by atoms with Crippen LogP contribution in [-0.4, -0.2) is 17.1 Å². The van der Waals surface area contributed by atoms with Crippen molar-refractivity contribution in [1.29, 1.82) is 0 Å². The van der Waals surface area contributed by atoms with Crippen LogP contribution >= 0.6 is 0 Å². The van der Waals surface area contributed by atoms with E-state index in [1.165, 1.54) is 0 Å². The smallest absolute Gasteiger partial charge is 0.305 e. The molecule has 0 heterocycles. The zero-order valence-corrected chi connectivity index (χ0v) is 7.60. The molecule has 1 aromatic rings. The predicted molar refractivity (Wildman–Crippen MR) is 53.5 cm³/mol. The Morgan fingerprint density at radius 1 is 1.43 bits per heavy atom. The molecule has 0 amide bonds. The molecule has 0 fully saturated rings. The summed E-state index contributed by atoms with van der Waals surface area (Å²) < 4.78 is 0. The van der Waals surface area contributed by atoms with Crippen LogP contribution in [0.4, 0.5) is 0 Å². The van der Waals surface area contributed by atoms with E-state index in [9.17, 15) is 4.79 Å². The van der Waals surface area contributed by atoms with Crippen molar-refractivity contribution >= 4 is 5.97 Å². The third-order valence-corrected chi connectivity index (χ3v) is 1.57. The molecule has 0 bridgehead atoms. The quantitative estimate of drug-likeness (QED) is 0.677.